The third-order valence-electron chi connectivity index (χ3n) is 5.26. The predicted octanol–water partition coefficient (Wildman–Crippen LogP) is 4.58. The fourth-order valence-electron chi connectivity index (χ4n) is 3.36. The molecule has 1 saturated carbocycles. The van der Waals surface area contributed by atoms with Gasteiger partial charge in [-0.1, -0.05) is 6.42 Å². The lowest BCUT2D eigenvalue weighted by molar-refractivity contribution is 0.0497. The average molecular weight is 373 g/mol. The first-order valence-corrected chi connectivity index (χ1v) is 10.1. The number of hydrogen-bond acceptors (Lipinski definition) is 5. The smallest absolute Gasteiger partial charge is 0.335 e. The summed E-state index contributed by atoms with van der Waals surface area (Å²) in [5.41, 5.74) is 1.06. The van der Waals surface area contributed by atoms with Gasteiger partial charge in [-0.3, -0.25) is 0 Å². The molecule has 0 spiro atoms. The molecule has 2 aliphatic rings. The molecule has 5 nitrogen and oxygen atoms in total. The largest absolute Gasteiger partial charge is 0.493 e. The van der Waals surface area contributed by atoms with Crippen LogP contribution in [0.1, 0.15) is 53.3 Å². The Hall–Kier alpha value is -1.92. The Kier molecular flexibility index (Phi) is 5.22. The fourth-order valence-corrected chi connectivity index (χ4v) is 4.43. The Labute approximate surface area is 157 Å². The third-order valence-corrected chi connectivity index (χ3v) is 6.47. The summed E-state index contributed by atoms with van der Waals surface area (Å²) in [6.45, 7) is 2.14. The second kappa shape index (κ2) is 7.76. The number of ether oxygens (including phenoxy) is 2. The van der Waals surface area contributed by atoms with Crippen LogP contribution in [0.25, 0.3) is 10.6 Å². The summed E-state index contributed by atoms with van der Waals surface area (Å²) < 4.78 is 11.3. The zero-order valence-corrected chi connectivity index (χ0v) is 15.5. The lowest BCUT2D eigenvalue weighted by Crippen LogP contribution is -2.21. The van der Waals surface area contributed by atoms with Crippen molar-refractivity contribution in [2.75, 3.05) is 19.8 Å². The zero-order chi connectivity index (χ0) is 17.9. The molecule has 0 bridgehead atoms. The maximum atomic E-state index is 11.5. The van der Waals surface area contributed by atoms with Gasteiger partial charge in [0.2, 0.25) is 0 Å². The molecule has 138 valence electrons. The van der Waals surface area contributed by atoms with E-state index in [1.807, 2.05) is 12.3 Å². The molecule has 1 N–H and O–H groups in total. The Morgan fingerprint density at radius 3 is 2.73 bits per heavy atom. The van der Waals surface area contributed by atoms with Crippen molar-refractivity contribution in [2.24, 2.45) is 5.92 Å². The van der Waals surface area contributed by atoms with Crippen LogP contribution in [0, 0.1) is 5.92 Å². The molecule has 1 aliphatic heterocycles. The maximum Gasteiger partial charge on any atom is 0.335 e. The van der Waals surface area contributed by atoms with E-state index in [2.05, 4.69) is 4.98 Å². The average Bonchev–Trinajstić information content (AvgIpc) is 3.08. The van der Waals surface area contributed by atoms with E-state index in [4.69, 9.17) is 9.47 Å². The number of benzene rings is 1. The summed E-state index contributed by atoms with van der Waals surface area (Å²) in [6.07, 6.45) is 7.67. The molecule has 26 heavy (non-hydrogen) atoms. The molecule has 2 aromatic rings. The van der Waals surface area contributed by atoms with Crippen molar-refractivity contribution in [1.82, 2.24) is 4.98 Å². The number of aromatic nitrogens is 1. The molecule has 2 fully saturated rings. The van der Waals surface area contributed by atoms with Crippen LogP contribution in [0.4, 0.5) is 0 Å². The standard InChI is InChI=1S/C20H23NO4S/c22-20(23)16-8-15(19-21-11-18(26-19)14-2-1-3-14)9-17(10-16)25-12-13-4-6-24-7-5-13/h8-11,13-14H,1-7,12H2,(H,22,23). The van der Waals surface area contributed by atoms with Crippen molar-refractivity contribution in [1.29, 1.82) is 0 Å². The quantitative estimate of drug-likeness (QED) is 0.802. The van der Waals surface area contributed by atoms with Crippen LogP contribution >= 0.6 is 11.3 Å². The van der Waals surface area contributed by atoms with Crippen LogP contribution in [0.3, 0.4) is 0 Å². The number of aromatic carboxylic acids is 1. The number of rotatable bonds is 6. The highest BCUT2D eigenvalue weighted by molar-refractivity contribution is 7.15. The van der Waals surface area contributed by atoms with Crippen molar-refractivity contribution in [3.63, 3.8) is 0 Å². The first-order chi connectivity index (χ1) is 12.7. The van der Waals surface area contributed by atoms with Crippen molar-refractivity contribution >= 4 is 17.3 Å². The summed E-state index contributed by atoms with van der Waals surface area (Å²) in [4.78, 5) is 17.4. The minimum Gasteiger partial charge on any atom is -0.493 e. The number of thiazole rings is 1. The number of carboxylic acid groups (broad SMARTS) is 1. The monoisotopic (exact) mass is 373 g/mol. The van der Waals surface area contributed by atoms with Crippen molar-refractivity contribution in [3.8, 4) is 16.3 Å². The second-order valence-electron chi connectivity index (χ2n) is 7.11. The van der Waals surface area contributed by atoms with Crippen molar-refractivity contribution < 1.29 is 19.4 Å². The van der Waals surface area contributed by atoms with Crippen LogP contribution in [0.2, 0.25) is 0 Å². The summed E-state index contributed by atoms with van der Waals surface area (Å²) >= 11 is 1.67. The van der Waals surface area contributed by atoms with E-state index in [9.17, 15) is 9.90 Å². The van der Waals surface area contributed by atoms with E-state index in [-0.39, 0.29) is 5.56 Å². The van der Waals surface area contributed by atoms with Gasteiger partial charge in [-0.2, -0.15) is 0 Å². The number of carbonyl (C=O) groups is 1. The normalized spacial score (nSPS) is 18.5. The lowest BCUT2D eigenvalue weighted by atomic mass is 9.85. The highest BCUT2D eigenvalue weighted by Gasteiger charge is 2.22. The van der Waals surface area contributed by atoms with Gasteiger partial charge in [0, 0.05) is 29.9 Å². The van der Waals surface area contributed by atoms with Gasteiger partial charge in [0.1, 0.15) is 10.8 Å². The first kappa shape index (κ1) is 17.5. The first-order valence-electron chi connectivity index (χ1n) is 9.24. The van der Waals surface area contributed by atoms with Gasteiger partial charge in [0.05, 0.1) is 12.2 Å². The summed E-state index contributed by atoms with van der Waals surface area (Å²) in [7, 11) is 0. The molecule has 1 aromatic carbocycles. The third kappa shape index (κ3) is 3.91. The molecule has 1 saturated heterocycles. The number of carboxylic acids is 1. The molecule has 6 heteroatoms. The Morgan fingerprint density at radius 1 is 1.23 bits per heavy atom. The van der Waals surface area contributed by atoms with Gasteiger partial charge in [-0.25, -0.2) is 9.78 Å². The van der Waals surface area contributed by atoms with Crippen LogP contribution in [-0.2, 0) is 4.74 Å². The van der Waals surface area contributed by atoms with E-state index < -0.39 is 5.97 Å². The van der Waals surface area contributed by atoms with Crippen LogP contribution < -0.4 is 4.74 Å². The molecule has 1 aromatic heterocycles. The Bertz CT molecular complexity index is 778. The van der Waals surface area contributed by atoms with Crippen LogP contribution in [0.15, 0.2) is 24.4 Å². The van der Waals surface area contributed by atoms with Crippen LogP contribution in [-0.4, -0.2) is 35.9 Å². The van der Waals surface area contributed by atoms with Gasteiger partial charge in [-0.15, -0.1) is 11.3 Å². The lowest BCUT2D eigenvalue weighted by Gasteiger charge is -2.23. The highest BCUT2D eigenvalue weighted by Crippen LogP contribution is 2.41. The van der Waals surface area contributed by atoms with E-state index in [0.29, 0.717) is 24.2 Å². The van der Waals surface area contributed by atoms with Gasteiger partial charge < -0.3 is 14.6 Å². The molecule has 1 aliphatic carbocycles. The van der Waals surface area contributed by atoms with E-state index in [1.54, 1.807) is 23.5 Å². The van der Waals surface area contributed by atoms with Crippen LogP contribution in [0.5, 0.6) is 5.75 Å². The van der Waals surface area contributed by atoms with E-state index >= 15 is 0 Å². The topological polar surface area (TPSA) is 68.7 Å². The molecule has 4 rings (SSSR count). The number of nitrogens with zero attached hydrogens (tertiary/aromatic N) is 1. The van der Waals surface area contributed by atoms with Gasteiger partial charge in [0.25, 0.3) is 0 Å². The highest BCUT2D eigenvalue weighted by atomic mass is 32.1. The van der Waals surface area contributed by atoms with Crippen molar-refractivity contribution in [2.45, 2.75) is 38.0 Å². The van der Waals surface area contributed by atoms with Gasteiger partial charge in [0.15, 0.2) is 0 Å². The van der Waals surface area contributed by atoms with Gasteiger partial charge in [-0.05, 0) is 55.7 Å². The summed E-state index contributed by atoms with van der Waals surface area (Å²) in [6, 6.07) is 5.20. The Balaban J connectivity index is 1.54. The van der Waals surface area contributed by atoms with Crippen molar-refractivity contribution in [3.05, 3.63) is 34.8 Å². The molecule has 0 atom stereocenters. The number of hydrogen-bond donors (Lipinski definition) is 1. The fraction of sp³-hybridized carbons (Fsp3) is 0.500. The zero-order valence-electron chi connectivity index (χ0n) is 14.6. The molecular weight excluding hydrogens is 350 g/mol. The van der Waals surface area contributed by atoms with E-state index in [1.165, 1.54) is 24.1 Å². The Morgan fingerprint density at radius 2 is 2.04 bits per heavy atom. The molecule has 0 amide bonds. The molecule has 0 unspecified atom stereocenters. The molecule has 2 heterocycles. The summed E-state index contributed by atoms with van der Waals surface area (Å²) in [5.74, 6) is 0.754. The summed E-state index contributed by atoms with van der Waals surface area (Å²) in [5, 5.41) is 10.3. The minimum absolute atomic E-state index is 0.241. The van der Waals surface area contributed by atoms with Gasteiger partial charge >= 0.3 is 5.97 Å². The predicted molar refractivity (Wildman–Crippen MR) is 100 cm³/mol. The molecule has 0 radical (unpaired) electrons. The van der Waals surface area contributed by atoms with E-state index in [0.717, 1.165) is 36.6 Å². The molecular formula is C20H23NO4S. The minimum atomic E-state index is -0.946. The SMILES string of the molecule is O=C(O)c1cc(OCC2CCOCC2)cc(-c2ncc(C3CCC3)s2)c1. The second-order valence-corrected chi connectivity index (χ2v) is 8.18. The maximum absolute atomic E-state index is 11.5.